The van der Waals surface area contributed by atoms with Crippen LogP contribution in [0.5, 0.6) is 0 Å². The molecule has 1 N–H and O–H groups in total. The lowest BCUT2D eigenvalue weighted by atomic mass is 10.2. The van der Waals surface area contributed by atoms with Crippen LogP contribution in [0.3, 0.4) is 0 Å². The molecule has 0 aliphatic carbocycles. The number of para-hydroxylation sites is 1. The third kappa shape index (κ3) is 4.05. The lowest BCUT2D eigenvalue weighted by molar-refractivity contribution is -0.118. The highest BCUT2D eigenvalue weighted by Gasteiger charge is 2.23. The number of carbonyl (C=O) groups is 1. The van der Waals surface area contributed by atoms with Crippen LogP contribution in [0.2, 0.25) is 0 Å². The maximum atomic E-state index is 12.9. The summed E-state index contributed by atoms with van der Waals surface area (Å²) in [5.41, 5.74) is 2.10. The van der Waals surface area contributed by atoms with Gasteiger partial charge in [-0.1, -0.05) is 18.2 Å². The van der Waals surface area contributed by atoms with Crippen LogP contribution in [0.1, 0.15) is 18.4 Å². The van der Waals surface area contributed by atoms with Crippen LogP contribution in [0.15, 0.2) is 53.4 Å². The molecule has 2 aromatic carbocycles. The van der Waals surface area contributed by atoms with Crippen molar-refractivity contribution in [3.63, 3.8) is 0 Å². The molecule has 1 amide bonds. The number of benzene rings is 2. The number of nitrogens with one attached hydrogen (secondary N) is 1. The molecule has 2 aromatic rings. The minimum atomic E-state index is -3.68. The Labute approximate surface area is 146 Å². The number of anilines is 1. The van der Waals surface area contributed by atoms with Gasteiger partial charge in [-0.25, -0.2) is 17.5 Å². The Hall–Kier alpha value is -2.25. The second kappa shape index (κ2) is 7.33. The fourth-order valence-corrected chi connectivity index (χ4v) is 3.95. The number of hydrogen-bond acceptors (Lipinski definition) is 3. The summed E-state index contributed by atoms with van der Waals surface area (Å²) in [6.07, 6.45) is 1.51. The average molecular weight is 362 g/mol. The zero-order valence-electron chi connectivity index (χ0n) is 13.6. The third-order valence-corrected chi connectivity index (χ3v) is 5.65. The van der Waals surface area contributed by atoms with Crippen molar-refractivity contribution in [2.75, 3.05) is 18.0 Å². The first-order valence-corrected chi connectivity index (χ1v) is 9.59. The van der Waals surface area contributed by atoms with E-state index < -0.39 is 15.8 Å². The number of fused-ring (bicyclic) bond motifs is 1. The quantitative estimate of drug-likeness (QED) is 0.803. The van der Waals surface area contributed by atoms with Crippen LogP contribution in [-0.2, 0) is 21.2 Å². The van der Waals surface area contributed by atoms with Crippen molar-refractivity contribution < 1.29 is 17.6 Å². The molecular weight excluding hydrogens is 343 g/mol. The molecule has 0 radical (unpaired) electrons. The van der Waals surface area contributed by atoms with Crippen molar-refractivity contribution in [1.29, 1.82) is 0 Å². The van der Waals surface area contributed by atoms with Crippen LogP contribution in [0.4, 0.5) is 10.1 Å². The Morgan fingerprint density at radius 3 is 2.60 bits per heavy atom. The van der Waals surface area contributed by atoms with E-state index in [9.17, 15) is 17.6 Å². The van der Waals surface area contributed by atoms with Crippen molar-refractivity contribution in [2.24, 2.45) is 0 Å². The second-order valence-electron chi connectivity index (χ2n) is 5.88. The van der Waals surface area contributed by atoms with Crippen molar-refractivity contribution in [1.82, 2.24) is 4.72 Å². The third-order valence-electron chi connectivity index (χ3n) is 4.17. The van der Waals surface area contributed by atoms with Gasteiger partial charge >= 0.3 is 0 Å². The molecular formula is C18H19FN2O3S. The summed E-state index contributed by atoms with van der Waals surface area (Å²) in [7, 11) is -3.68. The van der Waals surface area contributed by atoms with E-state index >= 15 is 0 Å². The predicted octanol–water partition coefficient (Wildman–Crippen LogP) is 2.47. The minimum absolute atomic E-state index is 0.00805. The molecule has 0 fully saturated rings. The number of hydrogen-bond donors (Lipinski definition) is 1. The summed E-state index contributed by atoms with van der Waals surface area (Å²) >= 11 is 0. The SMILES string of the molecule is O=C(CCCNS(=O)(=O)c1ccc(F)cc1)N1CCc2ccccc21. The number of carbonyl (C=O) groups excluding carboxylic acids is 1. The van der Waals surface area contributed by atoms with Gasteiger partial charge in [-0.15, -0.1) is 0 Å². The first-order valence-electron chi connectivity index (χ1n) is 8.11. The highest BCUT2D eigenvalue weighted by molar-refractivity contribution is 7.89. The van der Waals surface area contributed by atoms with Crippen LogP contribution in [0, 0.1) is 5.82 Å². The van der Waals surface area contributed by atoms with Crippen LogP contribution in [0.25, 0.3) is 0 Å². The maximum Gasteiger partial charge on any atom is 0.240 e. The Morgan fingerprint density at radius 2 is 1.84 bits per heavy atom. The first-order chi connectivity index (χ1) is 12.0. The zero-order chi connectivity index (χ0) is 17.9. The lowest BCUT2D eigenvalue weighted by Crippen LogP contribution is -2.30. The van der Waals surface area contributed by atoms with Gasteiger partial charge < -0.3 is 4.90 Å². The molecule has 5 nitrogen and oxygen atoms in total. The Kier molecular flexibility index (Phi) is 5.15. The Morgan fingerprint density at radius 1 is 1.12 bits per heavy atom. The van der Waals surface area contributed by atoms with Gasteiger partial charge in [-0.05, 0) is 48.7 Å². The number of halogens is 1. The van der Waals surface area contributed by atoms with E-state index in [-0.39, 0.29) is 23.8 Å². The molecule has 1 heterocycles. The molecule has 132 valence electrons. The summed E-state index contributed by atoms with van der Waals surface area (Å²) in [4.78, 5) is 14.1. The molecule has 1 aliphatic rings. The summed E-state index contributed by atoms with van der Waals surface area (Å²) in [5.74, 6) is -0.499. The second-order valence-corrected chi connectivity index (χ2v) is 7.65. The van der Waals surface area contributed by atoms with Gasteiger partial charge in [0.2, 0.25) is 15.9 Å². The van der Waals surface area contributed by atoms with Gasteiger partial charge in [0.05, 0.1) is 4.90 Å². The molecule has 1 aliphatic heterocycles. The highest BCUT2D eigenvalue weighted by Crippen LogP contribution is 2.28. The predicted molar refractivity (Wildman–Crippen MR) is 93.3 cm³/mol. The molecule has 0 unspecified atom stereocenters. The van der Waals surface area contributed by atoms with Gasteiger partial charge in [0, 0.05) is 25.2 Å². The Bertz CT molecular complexity index is 866. The maximum absolute atomic E-state index is 12.9. The van der Waals surface area contributed by atoms with Gasteiger partial charge in [0.25, 0.3) is 0 Å². The highest BCUT2D eigenvalue weighted by atomic mass is 32.2. The molecule has 25 heavy (non-hydrogen) atoms. The molecule has 0 spiro atoms. The minimum Gasteiger partial charge on any atom is -0.312 e. The van der Waals surface area contributed by atoms with E-state index in [1.807, 2.05) is 24.3 Å². The topological polar surface area (TPSA) is 66.5 Å². The molecule has 0 atom stereocenters. The molecule has 3 rings (SSSR count). The molecule has 0 bridgehead atoms. The van der Waals surface area contributed by atoms with Crippen molar-refractivity contribution in [2.45, 2.75) is 24.2 Å². The molecule has 0 saturated heterocycles. The van der Waals surface area contributed by atoms with Gasteiger partial charge in [-0.3, -0.25) is 4.79 Å². The standard InChI is InChI=1S/C18H19FN2O3S/c19-15-7-9-16(10-8-15)25(23,24)20-12-3-6-18(22)21-13-11-14-4-1-2-5-17(14)21/h1-2,4-5,7-10,20H,3,6,11-13H2. The van der Waals surface area contributed by atoms with E-state index in [4.69, 9.17) is 0 Å². The molecule has 0 saturated carbocycles. The number of nitrogens with zero attached hydrogens (tertiary/aromatic N) is 1. The monoisotopic (exact) mass is 362 g/mol. The fraction of sp³-hybridized carbons (Fsp3) is 0.278. The number of rotatable bonds is 6. The fourth-order valence-electron chi connectivity index (χ4n) is 2.88. The van der Waals surface area contributed by atoms with Crippen LogP contribution >= 0.6 is 0 Å². The molecule has 7 heteroatoms. The van der Waals surface area contributed by atoms with Gasteiger partial charge in [0.15, 0.2) is 0 Å². The van der Waals surface area contributed by atoms with E-state index in [1.165, 1.54) is 12.1 Å². The lowest BCUT2D eigenvalue weighted by Gasteiger charge is -2.17. The average Bonchev–Trinajstić information content (AvgIpc) is 3.03. The summed E-state index contributed by atoms with van der Waals surface area (Å²) in [5, 5.41) is 0. The smallest absolute Gasteiger partial charge is 0.240 e. The Balaban J connectivity index is 1.50. The van der Waals surface area contributed by atoms with Crippen LogP contribution < -0.4 is 9.62 Å². The van der Waals surface area contributed by atoms with Gasteiger partial charge in [-0.2, -0.15) is 0 Å². The van der Waals surface area contributed by atoms with Crippen LogP contribution in [-0.4, -0.2) is 27.4 Å². The summed E-state index contributed by atoms with van der Waals surface area (Å²) in [6, 6.07) is 12.4. The summed E-state index contributed by atoms with van der Waals surface area (Å²) < 4.78 is 39.5. The number of sulfonamides is 1. The van der Waals surface area contributed by atoms with E-state index in [2.05, 4.69) is 4.72 Å². The summed E-state index contributed by atoms with van der Waals surface area (Å²) in [6.45, 7) is 0.820. The van der Waals surface area contributed by atoms with Crippen molar-refractivity contribution >= 4 is 21.6 Å². The number of amides is 1. The zero-order valence-corrected chi connectivity index (χ0v) is 14.4. The van der Waals surface area contributed by atoms with E-state index in [0.29, 0.717) is 13.0 Å². The van der Waals surface area contributed by atoms with Crippen molar-refractivity contribution in [3.05, 3.63) is 59.9 Å². The van der Waals surface area contributed by atoms with E-state index in [1.54, 1.807) is 4.90 Å². The van der Waals surface area contributed by atoms with Crippen molar-refractivity contribution in [3.8, 4) is 0 Å². The van der Waals surface area contributed by atoms with E-state index in [0.717, 1.165) is 29.8 Å². The normalized spacial score (nSPS) is 13.7. The van der Waals surface area contributed by atoms with Gasteiger partial charge in [0.1, 0.15) is 5.82 Å². The first kappa shape index (κ1) is 17.6. The molecule has 0 aromatic heterocycles. The largest absolute Gasteiger partial charge is 0.312 e.